The fourth-order valence-corrected chi connectivity index (χ4v) is 2.41. The molecule has 0 saturated heterocycles. The van der Waals surface area contributed by atoms with Crippen LogP contribution in [0.15, 0.2) is 0 Å². The number of aliphatic hydroxyl groups is 1. The van der Waals surface area contributed by atoms with E-state index in [0.717, 1.165) is 19.3 Å². The Morgan fingerprint density at radius 2 is 2.24 bits per heavy atom. The third-order valence-electron chi connectivity index (χ3n) is 3.62. The van der Waals surface area contributed by atoms with Crippen molar-refractivity contribution in [2.24, 2.45) is 17.6 Å². The van der Waals surface area contributed by atoms with Crippen LogP contribution in [0.1, 0.15) is 25.7 Å². The molecule has 0 bridgehead atoms. The Labute approximate surface area is 103 Å². The second-order valence-electron chi connectivity index (χ2n) is 4.74. The number of hydrogen-bond acceptors (Lipinski definition) is 4. The van der Waals surface area contributed by atoms with Crippen LogP contribution in [-0.4, -0.2) is 43.9 Å². The van der Waals surface area contributed by atoms with Gasteiger partial charge in [0.1, 0.15) is 0 Å². The summed E-state index contributed by atoms with van der Waals surface area (Å²) in [5.41, 5.74) is 5.46. The van der Waals surface area contributed by atoms with Gasteiger partial charge in [-0.3, -0.25) is 4.79 Å². The zero-order chi connectivity index (χ0) is 12.7. The average Bonchev–Trinajstić information content (AvgIpc) is 2.80. The highest BCUT2D eigenvalue weighted by Crippen LogP contribution is 2.30. The first-order chi connectivity index (χ1) is 8.21. The number of methoxy groups -OCH3 is 1. The summed E-state index contributed by atoms with van der Waals surface area (Å²) >= 11 is 0. The number of ether oxygens (including phenoxy) is 1. The molecule has 100 valence electrons. The van der Waals surface area contributed by atoms with Gasteiger partial charge < -0.3 is 20.9 Å². The highest BCUT2D eigenvalue weighted by Gasteiger charge is 2.26. The van der Waals surface area contributed by atoms with Crippen molar-refractivity contribution in [3.8, 4) is 0 Å². The quantitative estimate of drug-likeness (QED) is 0.582. The molecule has 5 nitrogen and oxygen atoms in total. The number of amides is 1. The first kappa shape index (κ1) is 14.4. The van der Waals surface area contributed by atoms with Gasteiger partial charge >= 0.3 is 0 Å². The van der Waals surface area contributed by atoms with Crippen molar-refractivity contribution in [2.75, 3.05) is 26.8 Å². The molecule has 1 rings (SSSR count). The minimum atomic E-state index is -0.202. The number of aliphatic hydroxyl groups excluding tert-OH is 1. The summed E-state index contributed by atoms with van der Waals surface area (Å²) in [6.07, 6.45) is 3.42. The highest BCUT2D eigenvalue weighted by atomic mass is 16.5. The van der Waals surface area contributed by atoms with Gasteiger partial charge in [-0.1, -0.05) is 6.42 Å². The van der Waals surface area contributed by atoms with E-state index in [1.807, 2.05) is 0 Å². The van der Waals surface area contributed by atoms with Crippen molar-refractivity contribution in [1.29, 1.82) is 0 Å². The van der Waals surface area contributed by atoms with Crippen molar-refractivity contribution in [3.63, 3.8) is 0 Å². The number of rotatable bonds is 7. The molecule has 3 atom stereocenters. The zero-order valence-electron chi connectivity index (χ0n) is 10.5. The molecule has 1 fully saturated rings. The lowest BCUT2D eigenvalue weighted by Gasteiger charge is -2.19. The molecule has 0 heterocycles. The SMILES string of the molecule is COC(CN)CC(=O)NCC1CCCC1CO. The van der Waals surface area contributed by atoms with E-state index in [-0.39, 0.29) is 18.6 Å². The van der Waals surface area contributed by atoms with Crippen molar-refractivity contribution >= 4 is 5.91 Å². The normalized spacial score (nSPS) is 25.8. The van der Waals surface area contributed by atoms with Crippen LogP contribution in [0.3, 0.4) is 0 Å². The summed E-state index contributed by atoms with van der Waals surface area (Å²) in [5.74, 6) is 0.747. The van der Waals surface area contributed by atoms with Crippen LogP contribution in [0.5, 0.6) is 0 Å². The first-order valence-electron chi connectivity index (χ1n) is 6.31. The van der Waals surface area contributed by atoms with E-state index in [1.54, 1.807) is 7.11 Å². The molecule has 0 aliphatic heterocycles. The topological polar surface area (TPSA) is 84.6 Å². The standard InChI is InChI=1S/C12H24N2O3/c1-17-11(6-13)5-12(16)14-7-9-3-2-4-10(9)8-15/h9-11,15H,2-8,13H2,1H3,(H,14,16). The van der Waals surface area contributed by atoms with E-state index < -0.39 is 0 Å². The van der Waals surface area contributed by atoms with E-state index >= 15 is 0 Å². The van der Waals surface area contributed by atoms with Crippen molar-refractivity contribution in [1.82, 2.24) is 5.32 Å². The number of nitrogens with two attached hydrogens (primary N) is 1. The Bertz CT molecular complexity index is 232. The largest absolute Gasteiger partial charge is 0.396 e. The fraction of sp³-hybridized carbons (Fsp3) is 0.917. The summed E-state index contributed by atoms with van der Waals surface area (Å²) in [6.45, 7) is 1.24. The average molecular weight is 244 g/mol. The molecule has 0 spiro atoms. The number of carbonyl (C=O) groups is 1. The molecule has 17 heavy (non-hydrogen) atoms. The van der Waals surface area contributed by atoms with E-state index in [1.165, 1.54) is 0 Å². The Hall–Kier alpha value is -0.650. The molecule has 3 unspecified atom stereocenters. The lowest BCUT2D eigenvalue weighted by molar-refractivity contribution is -0.123. The predicted molar refractivity (Wildman–Crippen MR) is 65.4 cm³/mol. The predicted octanol–water partition coefficient (Wildman–Crippen LogP) is -0.125. The van der Waals surface area contributed by atoms with Crippen LogP contribution >= 0.6 is 0 Å². The van der Waals surface area contributed by atoms with Gasteiger partial charge in [0.15, 0.2) is 0 Å². The molecule has 1 amide bonds. The summed E-state index contributed by atoms with van der Waals surface area (Å²) < 4.78 is 5.06. The van der Waals surface area contributed by atoms with Gasteiger partial charge in [-0.2, -0.15) is 0 Å². The van der Waals surface area contributed by atoms with Crippen LogP contribution in [-0.2, 0) is 9.53 Å². The van der Waals surface area contributed by atoms with Gasteiger partial charge in [0.25, 0.3) is 0 Å². The summed E-state index contributed by atoms with van der Waals surface area (Å²) in [4.78, 5) is 11.6. The maximum absolute atomic E-state index is 11.6. The summed E-state index contributed by atoms with van der Waals surface area (Å²) in [6, 6.07) is 0. The van der Waals surface area contributed by atoms with E-state index in [2.05, 4.69) is 5.32 Å². The molecule has 0 aromatic carbocycles. The summed E-state index contributed by atoms with van der Waals surface area (Å²) in [7, 11) is 1.56. The lowest BCUT2D eigenvalue weighted by atomic mass is 9.97. The molecular weight excluding hydrogens is 220 g/mol. The Morgan fingerprint density at radius 1 is 1.53 bits per heavy atom. The Balaban J connectivity index is 2.23. The van der Waals surface area contributed by atoms with Gasteiger partial charge in [0.2, 0.25) is 5.91 Å². The highest BCUT2D eigenvalue weighted by molar-refractivity contribution is 5.76. The number of carbonyl (C=O) groups excluding carboxylic acids is 1. The van der Waals surface area contributed by atoms with Gasteiger partial charge in [0.05, 0.1) is 12.5 Å². The third kappa shape index (κ3) is 4.61. The molecule has 0 aromatic heterocycles. The maximum Gasteiger partial charge on any atom is 0.222 e. The second kappa shape index (κ2) is 7.63. The third-order valence-corrected chi connectivity index (χ3v) is 3.62. The molecule has 5 heteroatoms. The molecule has 4 N–H and O–H groups in total. The summed E-state index contributed by atoms with van der Waals surface area (Å²) in [5, 5.41) is 12.1. The van der Waals surface area contributed by atoms with Gasteiger partial charge in [0, 0.05) is 26.8 Å². The van der Waals surface area contributed by atoms with Gasteiger partial charge in [-0.05, 0) is 24.7 Å². The van der Waals surface area contributed by atoms with Crippen LogP contribution in [0, 0.1) is 11.8 Å². The Morgan fingerprint density at radius 3 is 2.82 bits per heavy atom. The number of hydrogen-bond donors (Lipinski definition) is 3. The van der Waals surface area contributed by atoms with Gasteiger partial charge in [-0.15, -0.1) is 0 Å². The van der Waals surface area contributed by atoms with Crippen molar-refractivity contribution in [3.05, 3.63) is 0 Å². The van der Waals surface area contributed by atoms with E-state index in [0.29, 0.717) is 31.3 Å². The van der Waals surface area contributed by atoms with Crippen LogP contribution < -0.4 is 11.1 Å². The molecule has 0 radical (unpaired) electrons. The molecular formula is C12H24N2O3. The van der Waals surface area contributed by atoms with E-state index in [4.69, 9.17) is 10.5 Å². The zero-order valence-corrected chi connectivity index (χ0v) is 10.5. The van der Waals surface area contributed by atoms with Crippen molar-refractivity contribution < 1.29 is 14.6 Å². The fourth-order valence-electron chi connectivity index (χ4n) is 2.41. The number of nitrogens with one attached hydrogen (secondary N) is 1. The van der Waals surface area contributed by atoms with Crippen LogP contribution in [0.25, 0.3) is 0 Å². The molecule has 1 saturated carbocycles. The molecule has 0 aromatic rings. The van der Waals surface area contributed by atoms with Crippen LogP contribution in [0.4, 0.5) is 0 Å². The smallest absolute Gasteiger partial charge is 0.222 e. The second-order valence-corrected chi connectivity index (χ2v) is 4.74. The van der Waals surface area contributed by atoms with Gasteiger partial charge in [-0.25, -0.2) is 0 Å². The lowest BCUT2D eigenvalue weighted by Crippen LogP contribution is -2.35. The maximum atomic E-state index is 11.6. The first-order valence-corrected chi connectivity index (χ1v) is 6.31. The minimum Gasteiger partial charge on any atom is -0.396 e. The van der Waals surface area contributed by atoms with Crippen molar-refractivity contribution in [2.45, 2.75) is 31.8 Å². The Kier molecular flexibility index (Phi) is 6.47. The molecule has 1 aliphatic rings. The molecule has 1 aliphatic carbocycles. The monoisotopic (exact) mass is 244 g/mol. The minimum absolute atomic E-state index is 0.0223. The van der Waals surface area contributed by atoms with E-state index in [9.17, 15) is 9.90 Å². The van der Waals surface area contributed by atoms with Crippen LogP contribution in [0.2, 0.25) is 0 Å².